The molecule has 0 aliphatic heterocycles. The summed E-state index contributed by atoms with van der Waals surface area (Å²) in [4.78, 5) is 13.6. The summed E-state index contributed by atoms with van der Waals surface area (Å²) in [5, 5.41) is 0. The van der Waals surface area contributed by atoms with E-state index in [0.29, 0.717) is 18.0 Å². The van der Waals surface area contributed by atoms with E-state index >= 15 is 0 Å². The molecule has 0 saturated carbocycles. The van der Waals surface area contributed by atoms with Crippen LogP contribution in [0.4, 0.5) is 10.1 Å². The van der Waals surface area contributed by atoms with Crippen molar-refractivity contribution in [1.82, 2.24) is 0 Å². The molecule has 2 rings (SSSR count). The highest BCUT2D eigenvalue weighted by atomic mass is 35.5. The molecular weight excluding hydrogens is 317 g/mol. The van der Waals surface area contributed by atoms with Crippen LogP contribution in [0.5, 0.6) is 11.5 Å². The summed E-state index contributed by atoms with van der Waals surface area (Å²) < 4.78 is 18.5. The lowest BCUT2D eigenvalue weighted by Crippen LogP contribution is -2.32. The normalized spacial score (nSPS) is 10.4. The van der Waals surface area contributed by atoms with Gasteiger partial charge in [-0.25, -0.2) is 4.39 Å². The molecule has 0 aliphatic rings. The molecule has 0 radical (unpaired) electrons. The number of ether oxygens (including phenoxy) is 1. The predicted molar refractivity (Wildman–Crippen MR) is 90.9 cm³/mol. The van der Waals surface area contributed by atoms with Crippen molar-refractivity contribution in [2.45, 2.75) is 19.8 Å². The molecule has 0 spiro atoms. The first-order chi connectivity index (χ1) is 11.1. The van der Waals surface area contributed by atoms with Crippen LogP contribution in [0.25, 0.3) is 0 Å². The van der Waals surface area contributed by atoms with Gasteiger partial charge in [0.2, 0.25) is 5.91 Å². The van der Waals surface area contributed by atoms with Crippen molar-refractivity contribution in [3.8, 4) is 11.5 Å². The molecule has 3 nitrogen and oxygen atoms in total. The molecule has 1 amide bonds. The molecule has 2 aromatic rings. The smallest absolute Gasteiger partial charge is 0.241 e. The largest absolute Gasteiger partial charge is 0.457 e. The van der Waals surface area contributed by atoms with E-state index in [4.69, 9.17) is 16.3 Å². The second kappa shape index (κ2) is 8.53. The Kier molecular flexibility index (Phi) is 6.41. The third-order valence-electron chi connectivity index (χ3n) is 3.35. The minimum Gasteiger partial charge on any atom is -0.457 e. The van der Waals surface area contributed by atoms with Gasteiger partial charge in [-0.1, -0.05) is 13.3 Å². The molecule has 0 aliphatic carbocycles. The number of nitrogens with zero attached hydrogens (tertiary/aromatic N) is 1. The monoisotopic (exact) mass is 335 g/mol. The minimum atomic E-state index is -0.307. The summed E-state index contributed by atoms with van der Waals surface area (Å²) >= 11 is 5.68. The van der Waals surface area contributed by atoms with Crippen molar-refractivity contribution in [2.75, 3.05) is 17.3 Å². The van der Waals surface area contributed by atoms with E-state index < -0.39 is 0 Å². The molecule has 0 fully saturated rings. The van der Waals surface area contributed by atoms with Gasteiger partial charge in [-0.3, -0.25) is 4.79 Å². The van der Waals surface area contributed by atoms with Gasteiger partial charge in [0.05, 0.1) is 0 Å². The highest BCUT2D eigenvalue weighted by molar-refractivity contribution is 6.29. The van der Waals surface area contributed by atoms with E-state index in [2.05, 4.69) is 6.92 Å². The van der Waals surface area contributed by atoms with Gasteiger partial charge in [0.1, 0.15) is 23.2 Å². The summed E-state index contributed by atoms with van der Waals surface area (Å²) in [7, 11) is 0. The fourth-order valence-electron chi connectivity index (χ4n) is 2.12. The zero-order valence-corrected chi connectivity index (χ0v) is 13.7. The Hall–Kier alpha value is -2.07. The standard InChI is InChI=1S/C18H19ClFNO2/c1-2-3-12-21(18(22)13-19)15-6-10-17(11-7-15)23-16-8-4-14(20)5-9-16/h4-11H,2-3,12-13H2,1H3. The number of anilines is 1. The van der Waals surface area contributed by atoms with Gasteiger partial charge in [-0.05, 0) is 55.0 Å². The first-order valence-corrected chi connectivity index (χ1v) is 8.07. The van der Waals surface area contributed by atoms with Gasteiger partial charge < -0.3 is 9.64 Å². The number of rotatable bonds is 7. The third kappa shape index (κ3) is 4.96. The number of benzene rings is 2. The molecular formula is C18H19ClFNO2. The van der Waals surface area contributed by atoms with Crippen LogP contribution >= 0.6 is 11.6 Å². The fraction of sp³-hybridized carbons (Fsp3) is 0.278. The number of halogens is 2. The molecule has 0 atom stereocenters. The number of carbonyl (C=O) groups is 1. The minimum absolute atomic E-state index is 0.0441. The van der Waals surface area contributed by atoms with E-state index in [9.17, 15) is 9.18 Å². The van der Waals surface area contributed by atoms with Crippen LogP contribution < -0.4 is 9.64 Å². The maximum Gasteiger partial charge on any atom is 0.241 e. The Morgan fingerprint density at radius 1 is 1.09 bits per heavy atom. The molecule has 0 N–H and O–H groups in total. The summed E-state index contributed by atoms with van der Waals surface area (Å²) in [6.07, 6.45) is 1.91. The lowest BCUT2D eigenvalue weighted by atomic mass is 10.2. The van der Waals surface area contributed by atoms with Gasteiger partial charge in [-0.2, -0.15) is 0 Å². The summed E-state index contributed by atoms with van der Waals surface area (Å²) in [6, 6.07) is 13.0. The fourth-order valence-corrected chi connectivity index (χ4v) is 2.26. The average Bonchev–Trinajstić information content (AvgIpc) is 2.58. The van der Waals surface area contributed by atoms with Crippen LogP contribution in [0.2, 0.25) is 0 Å². The van der Waals surface area contributed by atoms with Crippen LogP contribution in [-0.4, -0.2) is 18.3 Å². The average molecular weight is 336 g/mol. The summed E-state index contributed by atoms with van der Waals surface area (Å²) in [6.45, 7) is 2.71. The number of hydrogen-bond acceptors (Lipinski definition) is 2. The Bertz CT molecular complexity index is 628. The number of carbonyl (C=O) groups excluding carboxylic acids is 1. The van der Waals surface area contributed by atoms with Crippen molar-refractivity contribution < 1.29 is 13.9 Å². The lowest BCUT2D eigenvalue weighted by Gasteiger charge is -2.22. The Balaban J connectivity index is 2.10. The van der Waals surface area contributed by atoms with Gasteiger partial charge in [-0.15, -0.1) is 11.6 Å². The second-order valence-electron chi connectivity index (χ2n) is 5.08. The van der Waals surface area contributed by atoms with Crippen molar-refractivity contribution >= 4 is 23.2 Å². The van der Waals surface area contributed by atoms with Gasteiger partial charge in [0.25, 0.3) is 0 Å². The second-order valence-corrected chi connectivity index (χ2v) is 5.35. The van der Waals surface area contributed by atoms with Crippen molar-refractivity contribution in [2.24, 2.45) is 0 Å². The number of alkyl halides is 1. The molecule has 0 unspecified atom stereocenters. The molecule has 122 valence electrons. The lowest BCUT2D eigenvalue weighted by molar-refractivity contribution is -0.116. The highest BCUT2D eigenvalue weighted by Gasteiger charge is 2.14. The quantitative estimate of drug-likeness (QED) is 0.667. The zero-order valence-electron chi connectivity index (χ0n) is 13.0. The van der Waals surface area contributed by atoms with Crippen LogP contribution in [0.15, 0.2) is 48.5 Å². The first-order valence-electron chi connectivity index (χ1n) is 7.54. The summed E-state index contributed by atoms with van der Waals surface area (Å²) in [5.41, 5.74) is 0.788. The Morgan fingerprint density at radius 2 is 1.65 bits per heavy atom. The molecule has 2 aromatic carbocycles. The topological polar surface area (TPSA) is 29.5 Å². The van der Waals surface area contributed by atoms with Crippen molar-refractivity contribution in [3.05, 3.63) is 54.3 Å². The predicted octanol–water partition coefficient (Wildman–Crippen LogP) is 4.99. The van der Waals surface area contributed by atoms with E-state index in [1.807, 2.05) is 12.1 Å². The summed E-state index contributed by atoms with van der Waals surface area (Å²) in [5.74, 6) is 0.705. The molecule has 0 bridgehead atoms. The van der Waals surface area contributed by atoms with E-state index in [-0.39, 0.29) is 17.6 Å². The zero-order chi connectivity index (χ0) is 16.7. The molecule has 5 heteroatoms. The van der Waals surface area contributed by atoms with Crippen LogP contribution in [0.3, 0.4) is 0 Å². The third-order valence-corrected chi connectivity index (χ3v) is 3.58. The SMILES string of the molecule is CCCCN(C(=O)CCl)c1ccc(Oc2ccc(F)cc2)cc1. The molecule has 0 saturated heterocycles. The Morgan fingerprint density at radius 3 is 2.17 bits per heavy atom. The van der Waals surface area contributed by atoms with Crippen LogP contribution in [0.1, 0.15) is 19.8 Å². The number of unbranched alkanes of at least 4 members (excludes halogenated alkanes) is 1. The van der Waals surface area contributed by atoms with Gasteiger partial charge >= 0.3 is 0 Å². The maximum atomic E-state index is 12.9. The molecule has 23 heavy (non-hydrogen) atoms. The van der Waals surface area contributed by atoms with Crippen LogP contribution in [0, 0.1) is 5.82 Å². The van der Waals surface area contributed by atoms with Crippen molar-refractivity contribution in [3.63, 3.8) is 0 Å². The number of amides is 1. The van der Waals surface area contributed by atoms with E-state index in [0.717, 1.165) is 18.5 Å². The van der Waals surface area contributed by atoms with Gasteiger partial charge in [0.15, 0.2) is 0 Å². The van der Waals surface area contributed by atoms with E-state index in [1.165, 1.54) is 12.1 Å². The van der Waals surface area contributed by atoms with Crippen molar-refractivity contribution in [1.29, 1.82) is 0 Å². The van der Waals surface area contributed by atoms with Crippen LogP contribution in [-0.2, 0) is 4.79 Å². The number of hydrogen-bond donors (Lipinski definition) is 0. The molecule has 0 heterocycles. The first kappa shape index (κ1) is 17.3. The van der Waals surface area contributed by atoms with E-state index in [1.54, 1.807) is 29.2 Å². The Labute approximate surface area is 140 Å². The molecule has 0 aromatic heterocycles. The highest BCUT2D eigenvalue weighted by Crippen LogP contribution is 2.25. The van der Waals surface area contributed by atoms with Gasteiger partial charge in [0, 0.05) is 12.2 Å². The maximum absolute atomic E-state index is 12.9.